The first-order valence-corrected chi connectivity index (χ1v) is 5.03. The molecule has 4 nitrogen and oxygen atoms in total. The number of hydrogen-bond donors (Lipinski definition) is 1. The van der Waals surface area contributed by atoms with E-state index in [2.05, 4.69) is 15.2 Å². The second kappa shape index (κ2) is 3.66. The zero-order chi connectivity index (χ0) is 10.8. The summed E-state index contributed by atoms with van der Waals surface area (Å²) in [5.41, 5.74) is 1.91. The van der Waals surface area contributed by atoms with E-state index < -0.39 is 0 Å². The molecular formula is C12H10N4. The van der Waals surface area contributed by atoms with Crippen LogP contribution in [0.1, 0.15) is 0 Å². The summed E-state index contributed by atoms with van der Waals surface area (Å²) in [7, 11) is 0. The van der Waals surface area contributed by atoms with Gasteiger partial charge in [-0.15, -0.1) is 0 Å². The number of aromatic nitrogens is 4. The van der Waals surface area contributed by atoms with Gasteiger partial charge in [0.25, 0.3) is 0 Å². The molecule has 0 aromatic carbocycles. The summed E-state index contributed by atoms with van der Waals surface area (Å²) in [6.45, 7) is 0. The summed E-state index contributed by atoms with van der Waals surface area (Å²) < 4.78 is 1.98. The smallest absolute Gasteiger partial charge is 0.141 e. The molecule has 78 valence electrons. The van der Waals surface area contributed by atoms with Crippen molar-refractivity contribution in [2.24, 2.45) is 0 Å². The maximum atomic E-state index is 4.32. The van der Waals surface area contributed by atoms with Crippen LogP contribution in [0, 0.1) is 0 Å². The first-order chi connectivity index (χ1) is 7.95. The van der Waals surface area contributed by atoms with Gasteiger partial charge in [0.1, 0.15) is 5.82 Å². The molecule has 0 radical (unpaired) electrons. The molecule has 1 N–H and O–H groups in total. The van der Waals surface area contributed by atoms with Crippen LogP contribution in [0.3, 0.4) is 0 Å². The fourth-order valence-corrected chi connectivity index (χ4v) is 1.67. The van der Waals surface area contributed by atoms with E-state index in [4.69, 9.17) is 0 Å². The molecule has 0 bridgehead atoms. The molecule has 0 atom stereocenters. The van der Waals surface area contributed by atoms with Crippen molar-refractivity contribution >= 4 is 0 Å². The third-order valence-electron chi connectivity index (χ3n) is 2.42. The first kappa shape index (κ1) is 8.91. The Morgan fingerprint density at radius 2 is 1.94 bits per heavy atom. The largest absolute Gasteiger partial charge is 0.308 e. The number of nitrogens with one attached hydrogen (secondary N) is 1. The van der Waals surface area contributed by atoms with E-state index in [-0.39, 0.29) is 0 Å². The Labute approximate surface area is 92.6 Å². The lowest BCUT2D eigenvalue weighted by atomic mass is 10.2. The Morgan fingerprint density at radius 1 is 1.06 bits per heavy atom. The van der Waals surface area contributed by atoms with E-state index in [9.17, 15) is 0 Å². The highest BCUT2D eigenvalue weighted by atomic mass is 15.2. The van der Waals surface area contributed by atoms with Crippen molar-refractivity contribution < 1.29 is 0 Å². The van der Waals surface area contributed by atoms with Gasteiger partial charge >= 0.3 is 0 Å². The summed E-state index contributed by atoms with van der Waals surface area (Å²) in [6.07, 6.45) is 7.51. The van der Waals surface area contributed by atoms with Gasteiger partial charge in [0.2, 0.25) is 0 Å². The topological polar surface area (TPSA) is 46.5 Å². The number of pyridine rings is 1. The van der Waals surface area contributed by atoms with Gasteiger partial charge in [-0.1, -0.05) is 6.07 Å². The third-order valence-corrected chi connectivity index (χ3v) is 2.42. The lowest BCUT2D eigenvalue weighted by Crippen LogP contribution is -1.93. The normalized spacial score (nSPS) is 10.5. The third kappa shape index (κ3) is 1.40. The van der Waals surface area contributed by atoms with E-state index in [0.29, 0.717) is 0 Å². The minimum absolute atomic E-state index is 0.917. The molecular weight excluding hydrogens is 200 g/mol. The minimum Gasteiger partial charge on any atom is -0.308 e. The van der Waals surface area contributed by atoms with Gasteiger partial charge in [0, 0.05) is 18.6 Å². The van der Waals surface area contributed by atoms with Gasteiger partial charge in [-0.3, -0.25) is 10.1 Å². The van der Waals surface area contributed by atoms with Gasteiger partial charge in [-0.25, -0.2) is 0 Å². The summed E-state index contributed by atoms with van der Waals surface area (Å²) in [4.78, 5) is 4.32. The number of hydrogen-bond acceptors (Lipinski definition) is 2. The molecule has 16 heavy (non-hydrogen) atoms. The van der Waals surface area contributed by atoms with Gasteiger partial charge < -0.3 is 4.57 Å². The summed E-state index contributed by atoms with van der Waals surface area (Å²) in [5, 5.41) is 7.05. The maximum absolute atomic E-state index is 4.32. The first-order valence-electron chi connectivity index (χ1n) is 5.03. The fourth-order valence-electron chi connectivity index (χ4n) is 1.67. The molecule has 4 heteroatoms. The van der Waals surface area contributed by atoms with E-state index in [1.54, 1.807) is 12.4 Å². The average molecular weight is 210 g/mol. The van der Waals surface area contributed by atoms with Crippen molar-refractivity contribution in [2.45, 2.75) is 0 Å². The standard InChI is InChI=1S/C12H10N4/c1-2-6-13-11(5-1)10-9-14-15-12(10)16-7-3-4-8-16/h1-9H,(H,14,15). The maximum Gasteiger partial charge on any atom is 0.141 e. The van der Waals surface area contributed by atoms with Gasteiger partial charge in [-0.05, 0) is 24.3 Å². The molecule has 0 amide bonds. The van der Waals surface area contributed by atoms with E-state index in [1.807, 2.05) is 47.3 Å². The molecule has 0 aliphatic carbocycles. The van der Waals surface area contributed by atoms with Gasteiger partial charge in [0.15, 0.2) is 0 Å². The molecule has 3 rings (SSSR count). The van der Waals surface area contributed by atoms with Crippen LogP contribution >= 0.6 is 0 Å². The van der Waals surface area contributed by atoms with Crippen LogP contribution in [0.25, 0.3) is 17.1 Å². The second-order valence-corrected chi connectivity index (χ2v) is 3.44. The van der Waals surface area contributed by atoms with E-state index in [0.717, 1.165) is 17.1 Å². The van der Waals surface area contributed by atoms with Crippen LogP contribution in [0.2, 0.25) is 0 Å². The SMILES string of the molecule is c1ccc(-c2cn[nH]c2-n2cccc2)nc1. The monoisotopic (exact) mass is 210 g/mol. The van der Waals surface area contributed by atoms with Crippen molar-refractivity contribution in [3.05, 3.63) is 55.1 Å². The second-order valence-electron chi connectivity index (χ2n) is 3.44. The van der Waals surface area contributed by atoms with Crippen LogP contribution in [-0.2, 0) is 0 Å². The van der Waals surface area contributed by atoms with Crippen LogP contribution < -0.4 is 0 Å². The Bertz CT molecular complexity index is 566. The lowest BCUT2D eigenvalue weighted by molar-refractivity contribution is 0.966. The van der Waals surface area contributed by atoms with Crippen LogP contribution in [0.4, 0.5) is 0 Å². The van der Waals surface area contributed by atoms with Gasteiger partial charge in [0.05, 0.1) is 17.5 Å². The zero-order valence-corrected chi connectivity index (χ0v) is 8.54. The highest BCUT2D eigenvalue weighted by molar-refractivity contribution is 5.66. The van der Waals surface area contributed by atoms with Crippen molar-refractivity contribution in [1.82, 2.24) is 19.7 Å². The minimum atomic E-state index is 0.917. The average Bonchev–Trinajstić information content (AvgIpc) is 3.01. The van der Waals surface area contributed by atoms with E-state index in [1.165, 1.54) is 0 Å². The van der Waals surface area contributed by atoms with Crippen molar-refractivity contribution in [2.75, 3.05) is 0 Å². The van der Waals surface area contributed by atoms with Crippen molar-refractivity contribution in [3.63, 3.8) is 0 Å². The molecule has 0 saturated carbocycles. The molecule has 0 aliphatic heterocycles. The number of rotatable bonds is 2. The van der Waals surface area contributed by atoms with Crippen LogP contribution in [-0.4, -0.2) is 19.7 Å². The Kier molecular flexibility index (Phi) is 2.04. The molecule has 0 unspecified atom stereocenters. The number of aromatic amines is 1. The molecule has 0 fully saturated rings. The fraction of sp³-hybridized carbons (Fsp3) is 0. The predicted octanol–water partition coefficient (Wildman–Crippen LogP) is 2.26. The Balaban J connectivity index is 2.14. The number of H-pyrrole nitrogens is 1. The molecule has 0 spiro atoms. The highest BCUT2D eigenvalue weighted by Crippen LogP contribution is 2.22. The van der Waals surface area contributed by atoms with Gasteiger partial charge in [-0.2, -0.15) is 5.10 Å². The van der Waals surface area contributed by atoms with Crippen LogP contribution in [0.15, 0.2) is 55.1 Å². The zero-order valence-electron chi connectivity index (χ0n) is 8.54. The molecule has 3 heterocycles. The Morgan fingerprint density at radius 3 is 2.69 bits per heavy atom. The summed E-state index contributed by atoms with van der Waals surface area (Å²) in [5.74, 6) is 0.934. The predicted molar refractivity (Wildman–Crippen MR) is 61.1 cm³/mol. The molecule has 3 aromatic rings. The summed E-state index contributed by atoms with van der Waals surface area (Å²) in [6, 6.07) is 9.79. The molecule has 0 aliphatic rings. The Hall–Kier alpha value is -2.36. The van der Waals surface area contributed by atoms with Crippen LogP contribution in [0.5, 0.6) is 0 Å². The lowest BCUT2D eigenvalue weighted by Gasteiger charge is -2.02. The summed E-state index contributed by atoms with van der Waals surface area (Å²) >= 11 is 0. The molecule has 3 aromatic heterocycles. The van der Waals surface area contributed by atoms with E-state index >= 15 is 0 Å². The van der Waals surface area contributed by atoms with Crippen molar-refractivity contribution in [3.8, 4) is 17.1 Å². The number of nitrogens with zero attached hydrogens (tertiary/aromatic N) is 3. The molecule has 0 saturated heterocycles. The highest BCUT2D eigenvalue weighted by Gasteiger charge is 2.08. The quantitative estimate of drug-likeness (QED) is 0.705. The van der Waals surface area contributed by atoms with Crippen molar-refractivity contribution in [1.29, 1.82) is 0 Å².